The summed E-state index contributed by atoms with van der Waals surface area (Å²) < 4.78 is 7.48. The summed E-state index contributed by atoms with van der Waals surface area (Å²) in [6.45, 7) is 6.83. The predicted molar refractivity (Wildman–Crippen MR) is 73.7 cm³/mol. The largest absolute Gasteiger partial charge is 0.475 e. The maximum Gasteiger partial charge on any atom is 0.223 e. The van der Waals surface area contributed by atoms with Crippen LogP contribution in [0, 0.1) is 0 Å². The van der Waals surface area contributed by atoms with Crippen LogP contribution in [0.5, 0.6) is 5.88 Å². The number of nitrogen functional groups attached to an aromatic ring is 1. The van der Waals surface area contributed by atoms with Crippen LogP contribution < -0.4 is 10.5 Å². The Hall–Kier alpha value is -2.11. The first-order chi connectivity index (χ1) is 9.10. The van der Waals surface area contributed by atoms with Crippen molar-refractivity contribution in [3.63, 3.8) is 0 Å². The van der Waals surface area contributed by atoms with Gasteiger partial charge in [-0.25, -0.2) is 4.98 Å². The van der Waals surface area contributed by atoms with Crippen molar-refractivity contribution in [3.8, 4) is 17.3 Å². The Morgan fingerprint density at radius 2 is 2.16 bits per heavy atom. The zero-order valence-corrected chi connectivity index (χ0v) is 11.5. The van der Waals surface area contributed by atoms with Crippen LogP contribution in [0.4, 0.5) is 5.95 Å². The van der Waals surface area contributed by atoms with E-state index >= 15 is 0 Å². The fourth-order valence-electron chi connectivity index (χ4n) is 1.82. The molecule has 0 aliphatic heterocycles. The Labute approximate surface area is 112 Å². The van der Waals surface area contributed by atoms with Gasteiger partial charge in [0.1, 0.15) is 0 Å². The Bertz CT molecular complexity index is 550. The molecule has 2 aromatic heterocycles. The Balaban J connectivity index is 2.38. The number of ether oxygens (including phenoxy) is 1. The van der Waals surface area contributed by atoms with Gasteiger partial charge in [0.15, 0.2) is 0 Å². The third kappa shape index (κ3) is 3.21. The minimum Gasteiger partial charge on any atom is -0.475 e. The number of nitrogens with zero attached hydrogens (tertiary/aromatic N) is 4. The molecule has 0 unspecified atom stereocenters. The maximum absolute atomic E-state index is 5.73. The summed E-state index contributed by atoms with van der Waals surface area (Å²) in [4.78, 5) is 8.33. The van der Waals surface area contributed by atoms with Crippen LogP contribution in [0.3, 0.4) is 0 Å². The lowest BCUT2D eigenvalue weighted by Crippen LogP contribution is -2.09. The van der Waals surface area contributed by atoms with Gasteiger partial charge in [0.2, 0.25) is 11.8 Å². The number of aryl methyl sites for hydroxylation is 1. The minimum atomic E-state index is 0.0442. The van der Waals surface area contributed by atoms with Crippen LogP contribution in [0.1, 0.15) is 27.2 Å². The Kier molecular flexibility index (Phi) is 3.99. The van der Waals surface area contributed by atoms with Crippen molar-refractivity contribution in [1.29, 1.82) is 0 Å². The smallest absolute Gasteiger partial charge is 0.223 e. The molecule has 2 N–H and O–H groups in total. The van der Waals surface area contributed by atoms with Crippen molar-refractivity contribution < 1.29 is 4.74 Å². The van der Waals surface area contributed by atoms with E-state index in [1.165, 1.54) is 0 Å². The third-order valence-corrected chi connectivity index (χ3v) is 2.49. The fraction of sp³-hybridized carbons (Fsp3) is 0.462. The van der Waals surface area contributed by atoms with Gasteiger partial charge in [-0.3, -0.25) is 4.68 Å². The standard InChI is InChI=1S/C13H19N5O/c1-4-7-18-11(5-6-15-18)10-8-12(19-9(2)3)17-13(14)16-10/h5-6,8-9H,4,7H2,1-3H3,(H2,14,16,17). The predicted octanol–water partition coefficient (Wildman–Crippen LogP) is 2.12. The molecule has 19 heavy (non-hydrogen) atoms. The molecular weight excluding hydrogens is 242 g/mol. The third-order valence-electron chi connectivity index (χ3n) is 2.49. The first-order valence-corrected chi connectivity index (χ1v) is 6.43. The van der Waals surface area contributed by atoms with E-state index < -0.39 is 0 Å². The van der Waals surface area contributed by atoms with E-state index in [9.17, 15) is 0 Å². The fourth-order valence-corrected chi connectivity index (χ4v) is 1.82. The minimum absolute atomic E-state index is 0.0442. The molecule has 0 radical (unpaired) electrons. The van der Waals surface area contributed by atoms with Gasteiger partial charge in [-0.15, -0.1) is 0 Å². The van der Waals surface area contributed by atoms with Crippen molar-refractivity contribution >= 4 is 5.95 Å². The van der Waals surface area contributed by atoms with Crippen molar-refractivity contribution in [1.82, 2.24) is 19.7 Å². The number of hydrogen-bond donors (Lipinski definition) is 1. The van der Waals surface area contributed by atoms with E-state index in [-0.39, 0.29) is 12.1 Å². The first kappa shape index (κ1) is 13.3. The number of rotatable bonds is 5. The average molecular weight is 261 g/mol. The topological polar surface area (TPSA) is 78.8 Å². The van der Waals surface area contributed by atoms with Crippen LogP contribution in [0.2, 0.25) is 0 Å². The summed E-state index contributed by atoms with van der Waals surface area (Å²) in [6.07, 6.45) is 2.80. The second-order valence-corrected chi connectivity index (χ2v) is 4.56. The van der Waals surface area contributed by atoms with Gasteiger partial charge in [0.25, 0.3) is 0 Å². The quantitative estimate of drug-likeness (QED) is 0.891. The number of aromatic nitrogens is 4. The van der Waals surface area contributed by atoms with E-state index in [0.717, 1.165) is 24.4 Å². The van der Waals surface area contributed by atoms with Gasteiger partial charge in [-0.1, -0.05) is 6.92 Å². The average Bonchev–Trinajstić information content (AvgIpc) is 2.76. The van der Waals surface area contributed by atoms with E-state index in [2.05, 4.69) is 22.0 Å². The molecule has 0 saturated heterocycles. The second-order valence-electron chi connectivity index (χ2n) is 4.56. The molecule has 0 fully saturated rings. The lowest BCUT2D eigenvalue weighted by atomic mass is 10.3. The molecular formula is C13H19N5O. The molecule has 0 saturated carbocycles. The molecule has 0 amide bonds. The molecule has 0 aliphatic carbocycles. The molecule has 0 aromatic carbocycles. The van der Waals surface area contributed by atoms with Gasteiger partial charge in [-0.05, 0) is 26.3 Å². The lowest BCUT2D eigenvalue weighted by molar-refractivity contribution is 0.233. The van der Waals surface area contributed by atoms with Crippen LogP contribution in [0.15, 0.2) is 18.3 Å². The van der Waals surface area contributed by atoms with Crippen LogP contribution in [-0.4, -0.2) is 25.9 Å². The summed E-state index contributed by atoms with van der Waals surface area (Å²) in [6, 6.07) is 3.70. The Morgan fingerprint density at radius 1 is 1.37 bits per heavy atom. The van der Waals surface area contributed by atoms with Gasteiger partial charge in [0, 0.05) is 18.8 Å². The summed E-state index contributed by atoms with van der Waals surface area (Å²) in [7, 11) is 0. The maximum atomic E-state index is 5.73. The highest BCUT2D eigenvalue weighted by Gasteiger charge is 2.11. The summed E-state index contributed by atoms with van der Waals surface area (Å²) in [5.41, 5.74) is 7.38. The normalized spacial score (nSPS) is 10.9. The van der Waals surface area contributed by atoms with Crippen molar-refractivity contribution in [2.45, 2.75) is 39.8 Å². The monoisotopic (exact) mass is 261 g/mol. The second kappa shape index (κ2) is 5.69. The van der Waals surface area contributed by atoms with Gasteiger partial charge in [-0.2, -0.15) is 10.1 Å². The molecule has 6 heteroatoms. The molecule has 2 heterocycles. The highest BCUT2D eigenvalue weighted by Crippen LogP contribution is 2.22. The van der Waals surface area contributed by atoms with Crippen molar-refractivity contribution in [2.24, 2.45) is 0 Å². The highest BCUT2D eigenvalue weighted by atomic mass is 16.5. The molecule has 102 valence electrons. The lowest BCUT2D eigenvalue weighted by Gasteiger charge is -2.11. The zero-order chi connectivity index (χ0) is 13.8. The molecule has 2 aromatic rings. The summed E-state index contributed by atoms with van der Waals surface area (Å²) in [5.74, 6) is 0.694. The van der Waals surface area contributed by atoms with Crippen molar-refractivity contribution in [3.05, 3.63) is 18.3 Å². The molecule has 0 aliphatic rings. The van der Waals surface area contributed by atoms with E-state index in [1.807, 2.05) is 24.6 Å². The molecule has 0 atom stereocenters. The molecule has 6 nitrogen and oxygen atoms in total. The molecule has 2 rings (SSSR count). The molecule has 0 bridgehead atoms. The van der Waals surface area contributed by atoms with Gasteiger partial charge in [0.05, 0.1) is 17.5 Å². The summed E-state index contributed by atoms with van der Waals surface area (Å²) in [5, 5.41) is 4.28. The Morgan fingerprint density at radius 3 is 2.84 bits per heavy atom. The SMILES string of the molecule is CCCn1nccc1-c1cc(OC(C)C)nc(N)n1. The van der Waals surface area contributed by atoms with Crippen molar-refractivity contribution in [2.75, 3.05) is 5.73 Å². The van der Waals surface area contributed by atoms with E-state index in [1.54, 1.807) is 12.3 Å². The summed E-state index contributed by atoms with van der Waals surface area (Å²) >= 11 is 0. The van der Waals surface area contributed by atoms with Crippen LogP contribution in [0.25, 0.3) is 11.4 Å². The van der Waals surface area contributed by atoms with E-state index in [4.69, 9.17) is 10.5 Å². The van der Waals surface area contributed by atoms with Crippen LogP contribution in [-0.2, 0) is 6.54 Å². The van der Waals surface area contributed by atoms with E-state index in [0.29, 0.717) is 5.88 Å². The first-order valence-electron chi connectivity index (χ1n) is 6.43. The van der Waals surface area contributed by atoms with Gasteiger partial charge >= 0.3 is 0 Å². The number of nitrogens with two attached hydrogens (primary N) is 1. The highest BCUT2D eigenvalue weighted by molar-refractivity contribution is 5.57. The van der Waals surface area contributed by atoms with Crippen LogP contribution >= 0.6 is 0 Å². The number of anilines is 1. The van der Waals surface area contributed by atoms with Gasteiger partial charge < -0.3 is 10.5 Å². The zero-order valence-electron chi connectivity index (χ0n) is 11.5. The number of hydrogen-bond acceptors (Lipinski definition) is 5. The molecule has 0 spiro atoms.